The van der Waals surface area contributed by atoms with Gasteiger partial charge in [-0.3, -0.25) is 0 Å². The summed E-state index contributed by atoms with van der Waals surface area (Å²) in [6.45, 7) is 5.61. The number of nitrogens with zero attached hydrogens (tertiary/aromatic N) is 1. The van der Waals surface area contributed by atoms with E-state index in [0.29, 0.717) is 0 Å². The van der Waals surface area contributed by atoms with E-state index in [2.05, 4.69) is 17.1 Å². The molecule has 12 heavy (non-hydrogen) atoms. The summed E-state index contributed by atoms with van der Waals surface area (Å²) in [5, 5.41) is 12.3. The minimum absolute atomic E-state index is 0.121. The summed E-state index contributed by atoms with van der Waals surface area (Å²) in [6, 6.07) is 0. The van der Waals surface area contributed by atoms with Crippen LogP contribution >= 0.6 is 0 Å². The smallest absolute Gasteiger partial charge is 0.0623 e. The van der Waals surface area contributed by atoms with Crippen LogP contribution in [0.25, 0.3) is 0 Å². The van der Waals surface area contributed by atoms with Crippen molar-refractivity contribution in [2.75, 3.05) is 33.3 Å². The number of likely N-dealkylation sites (N-methyl/N-ethyl adjacent to an activating group) is 1. The van der Waals surface area contributed by atoms with E-state index in [4.69, 9.17) is 5.11 Å². The Morgan fingerprint density at radius 1 is 1.42 bits per heavy atom. The van der Waals surface area contributed by atoms with Crippen LogP contribution in [-0.4, -0.2) is 48.8 Å². The lowest BCUT2D eigenvalue weighted by molar-refractivity contribution is 0.138. The summed E-state index contributed by atoms with van der Waals surface area (Å²) in [5.41, 5.74) is -0.121. The van der Waals surface area contributed by atoms with Gasteiger partial charge in [-0.2, -0.15) is 0 Å². The predicted octanol–water partition coefficient (Wildman–Crippen LogP) is 0.0526. The van der Waals surface area contributed by atoms with Gasteiger partial charge in [-0.15, -0.1) is 0 Å². The van der Waals surface area contributed by atoms with Crippen LogP contribution in [0.15, 0.2) is 0 Å². The number of rotatable bonds is 4. The minimum atomic E-state index is -0.121. The van der Waals surface area contributed by atoms with Gasteiger partial charge in [-0.1, -0.05) is 0 Å². The van der Waals surface area contributed by atoms with Crippen LogP contribution in [0, 0.1) is 0 Å². The fourth-order valence-electron chi connectivity index (χ4n) is 1.64. The number of nitrogens with one attached hydrogen (secondary N) is 1. The fourth-order valence-corrected chi connectivity index (χ4v) is 1.64. The molecule has 1 unspecified atom stereocenters. The van der Waals surface area contributed by atoms with Crippen LogP contribution in [-0.2, 0) is 0 Å². The van der Waals surface area contributed by atoms with Crippen molar-refractivity contribution in [3.63, 3.8) is 0 Å². The van der Waals surface area contributed by atoms with Crippen molar-refractivity contribution in [3.05, 3.63) is 0 Å². The van der Waals surface area contributed by atoms with Crippen molar-refractivity contribution >= 4 is 0 Å². The van der Waals surface area contributed by atoms with Crippen LogP contribution in [0.3, 0.4) is 0 Å². The van der Waals surface area contributed by atoms with Gasteiger partial charge >= 0.3 is 0 Å². The zero-order valence-electron chi connectivity index (χ0n) is 8.14. The molecule has 0 bridgehead atoms. The third-order valence-corrected chi connectivity index (χ3v) is 2.72. The molecule has 0 saturated carbocycles. The van der Waals surface area contributed by atoms with Crippen molar-refractivity contribution in [1.82, 2.24) is 10.2 Å². The Bertz CT molecular complexity index is 128. The first-order valence-electron chi connectivity index (χ1n) is 4.72. The average Bonchev–Trinajstić information content (AvgIpc) is 2.57. The molecule has 0 aromatic rings. The lowest BCUT2D eigenvalue weighted by Gasteiger charge is -2.31. The van der Waals surface area contributed by atoms with Gasteiger partial charge in [0.1, 0.15) is 0 Å². The van der Waals surface area contributed by atoms with E-state index in [-0.39, 0.29) is 12.1 Å². The number of hydrogen-bond acceptors (Lipinski definition) is 3. The van der Waals surface area contributed by atoms with Crippen LogP contribution in [0.2, 0.25) is 0 Å². The Balaban J connectivity index is 2.35. The SMILES string of the molecule is CNC(C)(CO)CN1CCCC1. The molecule has 1 saturated heterocycles. The number of aliphatic hydroxyl groups excluding tert-OH is 1. The molecular formula is C9H20N2O. The van der Waals surface area contributed by atoms with Crippen molar-refractivity contribution in [3.8, 4) is 0 Å². The lowest BCUT2D eigenvalue weighted by atomic mass is 10.0. The molecule has 1 heterocycles. The summed E-state index contributed by atoms with van der Waals surface area (Å²) in [5.74, 6) is 0. The van der Waals surface area contributed by atoms with Crippen molar-refractivity contribution in [1.29, 1.82) is 0 Å². The normalized spacial score (nSPS) is 24.2. The molecule has 1 rings (SSSR count). The van der Waals surface area contributed by atoms with Gasteiger partial charge in [0, 0.05) is 6.54 Å². The van der Waals surface area contributed by atoms with Gasteiger partial charge in [-0.05, 0) is 39.9 Å². The molecule has 2 N–H and O–H groups in total. The molecular weight excluding hydrogens is 152 g/mol. The third kappa shape index (κ3) is 2.44. The topological polar surface area (TPSA) is 35.5 Å². The van der Waals surface area contributed by atoms with Gasteiger partial charge in [-0.25, -0.2) is 0 Å². The third-order valence-electron chi connectivity index (χ3n) is 2.72. The number of likely N-dealkylation sites (tertiary alicyclic amines) is 1. The zero-order chi connectivity index (χ0) is 9.03. The van der Waals surface area contributed by atoms with Gasteiger partial charge in [0.15, 0.2) is 0 Å². The molecule has 0 radical (unpaired) electrons. The standard InChI is InChI=1S/C9H20N2O/c1-9(8-12,10-2)7-11-5-3-4-6-11/h10,12H,3-8H2,1-2H3. The van der Waals surface area contributed by atoms with Gasteiger partial charge in [0.05, 0.1) is 12.1 Å². The highest BCUT2D eigenvalue weighted by molar-refractivity contribution is 4.85. The summed E-state index contributed by atoms with van der Waals surface area (Å²) in [7, 11) is 1.91. The second-order valence-electron chi connectivity index (χ2n) is 3.95. The molecule has 1 atom stereocenters. The molecule has 0 amide bonds. The first-order chi connectivity index (χ1) is 5.70. The van der Waals surface area contributed by atoms with E-state index in [0.717, 1.165) is 6.54 Å². The molecule has 1 fully saturated rings. The molecule has 72 valence electrons. The average molecular weight is 172 g/mol. The van der Waals surface area contributed by atoms with Crippen molar-refractivity contribution in [2.24, 2.45) is 0 Å². The van der Waals surface area contributed by atoms with Crippen molar-refractivity contribution < 1.29 is 5.11 Å². The summed E-state index contributed by atoms with van der Waals surface area (Å²) in [6.07, 6.45) is 2.62. The van der Waals surface area contributed by atoms with E-state index in [1.165, 1.54) is 25.9 Å². The zero-order valence-corrected chi connectivity index (χ0v) is 8.14. The highest BCUT2D eigenvalue weighted by atomic mass is 16.3. The Morgan fingerprint density at radius 2 is 2.00 bits per heavy atom. The fraction of sp³-hybridized carbons (Fsp3) is 1.00. The molecule has 1 aliphatic rings. The van der Waals surface area contributed by atoms with Crippen LogP contribution in [0.4, 0.5) is 0 Å². The summed E-state index contributed by atoms with van der Waals surface area (Å²) < 4.78 is 0. The van der Waals surface area contributed by atoms with E-state index in [1.54, 1.807) is 0 Å². The highest BCUT2D eigenvalue weighted by Gasteiger charge is 2.25. The molecule has 0 aliphatic carbocycles. The van der Waals surface area contributed by atoms with Crippen LogP contribution in [0.5, 0.6) is 0 Å². The van der Waals surface area contributed by atoms with E-state index >= 15 is 0 Å². The van der Waals surface area contributed by atoms with Gasteiger partial charge in [0.2, 0.25) is 0 Å². The van der Waals surface area contributed by atoms with Gasteiger partial charge < -0.3 is 15.3 Å². The number of aliphatic hydroxyl groups is 1. The van der Waals surface area contributed by atoms with Crippen LogP contribution in [0.1, 0.15) is 19.8 Å². The monoisotopic (exact) mass is 172 g/mol. The summed E-state index contributed by atoms with van der Waals surface area (Å²) in [4.78, 5) is 2.41. The predicted molar refractivity (Wildman–Crippen MR) is 50.2 cm³/mol. The number of hydrogen-bond donors (Lipinski definition) is 2. The van der Waals surface area contributed by atoms with Gasteiger partial charge in [0.25, 0.3) is 0 Å². The molecule has 3 nitrogen and oxygen atoms in total. The summed E-state index contributed by atoms with van der Waals surface area (Å²) >= 11 is 0. The second kappa shape index (κ2) is 4.21. The quantitative estimate of drug-likeness (QED) is 0.629. The molecule has 1 aliphatic heterocycles. The molecule has 0 aromatic carbocycles. The maximum absolute atomic E-state index is 9.16. The van der Waals surface area contributed by atoms with Crippen LogP contribution < -0.4 is 5.32 Å². The molecule has 0 spiro atoms. The van der Waals surface area contributed by atoms with Crippen molar-refractivity contribution in [2.45, 2.75) is 25.3 Å². The Kier molecular flexibility index (Phi) is 3.50. The highest BCUT2D eigenvalue weighted by Crippen LogP contribution is 2.12. The van der Waals surface area contributed by atoms with E-state index < -0.39 is 0 Å². The molecule has 3 heteroatoms. The maximum atomic E-state index is 9.16. The Morgan fingerprint density at radius 3 is 2.42 bits per heavy atom. The lowest BCUT2D eigenvalue weighted by Crippen LogP contribution is -2.51. The second-order valence-corrected chi connectivity index (χ2v) is 3.95. The first-order valence-corrected chi connectivity index (χ1v) is 4.72. The maximum Gasteiger partial charge on any atom is 0.0623 e. The first kappa shape index (κ1) is 9.96. The Hall–Kier alpha value is -0.120. The molecule has 0 aromatic heterocycles. The largest absolute Gasteiger partial charge is 0.394 e. The van der Waals surface area contributed by atoms with E-state index in [9.17, 15) is 0 Å². The minimum Gasteiger partial charge on any atom is -0.394 e. The Labute approximate surface area is 74.8 Å². The van der Waals surface area contributed by atoms with E-state index in [1.807, 2.05) is 7.05 Å².